The van der Waals surface area contributed by atoms with Crippen LogP contribution in [-0.4, -0.2) is 51.9 Å². The van der Waals surface area contributed by atoms with Gasteiger partial charge in [0.25, 0.3) is 0 Å². The quantitative estimate of drug-likeness (QED) is 0.330. The van der Waals surface area contributed by atoms with Crippen molar-refractivity contribution in [2.24, 2.45) is 5.92 Å². The molecule has 2 unspecified atom stereocenters. The normalized spacial score (nSPS) is 14.1. The summed E-state index contributed by atoms with van der Waals surface area (Å²) in [6.45, 7) is 3.01. The van der Waals surface area contributed by atoms with Crippen molar-refractivity contribution in [2.45, 2.75) is 43.4 Å². The van der Waals surface area contributed by atoms with E-state index in [4.69, 9.17) is 9.47 Å². The van der Waals surface area contributed by atoms with Crippen LogP contribution in [0.4, 0.5) is 17.6 Å². The Morgan fingerprint density at radius 1 is 1.11 bits per heavy atom. The lowest BCUT2D eigenvalue weighted by atomic mass is 9.97. The first-order valence-electron chi connectivity index (χ1n) is 10.5. The number of rotatable bonds is 11. The van der Waals surface area contributed by atoms with Gasteiger partial charge in [-0.15, -0.1) is 0 Å². The Morgan fingerprint density at radius 2 is 1.74 bits per heavy atom. The molecule has 0 heterocycles. The number of aliphatic carboxylic acids is 1. The molecule has 0 bridgehead atoms. The number of benzene rings is 2. The average Bonchev–Trinajstić information content (AvgIpc) is 2.73. The van der Waals surface area contributed by atoms with Gasteiger partial charge in [-0.3, -0.25) is 10.1 Å². The molecule has 0 aliphatic heterocycles. The summed E-state index contributed by atoms with van der Waals surface area (Å²) in [6.07, 6.45) is -3.98. The fourth-order valence-corrected chi connectivity index (χ4v) is 4.05. The van der Waals surface area contributed by atoms with Gasteiger partial charge in [-0.25, -0.2) is 12.8 Å². The predicted octanol–water partition coefficient (Wildman–Crippen LogP) is 4.57. The van der Waals surface area contributed by atoms with E-state index in [0.717, 1.165) is 24.5 Å². The summed E-state index contributed by atoms with van der Waals surface area (Å²) in [5.74, 6) is -2.69. The molecule has 0 spiro atoms. The molecule has 2 aromatic rings. The summed E-state index contributed by atoms with van der Waals surface area (Å²) < 4.78 is 90.3. The molecule has 2 atom stereocenters. The van der Waals surface area contributed by atoms with Crippen molar-refractivity contribution >= 4 is 15.8 Å². The lowest BCUT2D eigenvalue weighted by Crippen LogP contribution is -2.45. The van der Waals surface area contributed by atoms with Gasteiger partial charge < -0.3 is 14.6 Å². The van der Waals surface area contributed by atoms with Crippen molar-refractivity contribution in [1.29, 1.82) is 0 Å². The number of ether oxygens (including phenoxy) is 2. The van der Waals surface area contributed by atoms with Crippen molar-refractivity contribution in [3.05, 3.63) is 47.8 Å². The van der Waals surface area contributed by atoms with Crippen molar-refractivity contribution < 1.29 is 45.4 Å². The highest BCUT2D eigenvalue weighted by atomic mass is 32.2. The lowest BCUT2D eigenvalue weighted by Gasteiger charge is -2.27. The van der Waals surface area contributed by atoms with E-state index in [1.165, 1.54) is 25.3 Å². The third-order valence-corrected chi connectivity index (χ3v) is 6.14. The van der Waals surface area contributed by atoms with Crippen molar-refractivity contribution in [3.8, 4) is 16.9 Å². The van der Waals surface area contributed by atoms with E-state index in [9.17, 15) is 35.9 Å². The largest absolute Gasteiger partial charge is 0.480 e. The summed E-state index contributed by atoms with van der Waals surface area (Å²) in [5, 5.41) is 11.6. The van der Waals surface area contributed by atoms with Crippen LogP contribution < -0.4 is 10.1 Å². The fraction of sp³-hybridized carbons (Fsp3) is 0.435. The van der Waals surface area contributed by atoms with Gasteiger partial charge in [-0.1, -0.05) is 32.0 Å². The van der Waals surface area contributed by atoms with Crippen LogP contribution >= 0.6 is 0 Å². The first-order chi connectivity index (χ1) is 16.1. The number of halogens is 4. The molecule has 0 amide bonds. The molecule has 2 aromatic carbocycles. The van der Waals surface area contributed by atoms with E-state index in [2.05, 4.69) is 5.32 Å². The number of nitrogens with one attached hydrogen (secondary N) is 1. The third-order valence-electron chi connectivity index (χ3n) is 5.03. The standard InChI is InChI=1S/C23H27F4NO6S/c1-13(2)9-19(22(29)30)28-21(23(25,26)27)14-5-7-17(20(10-14)34-12-33-3)16-8-6-15(11-18(16)24)35(4,31)32/h5-8,10-11,13,19,21,28H,9,12H2,1-4H3,(H,29,30). The average molecular weight is 522 g/mol. The van der Waals surface area contributed by atoms with Crippen LogP contribution in [-0.2, 0) is 19.4 Å². The molecule has 0 saturated carbocycles. The van der Waals surface area contributed by atoms with Gasteiger partial charge in [0, 0.05) is 24.5 Å². The lowest BCUT2D eigenvalue weighted by molar-refractivity contribution is -0.163. The van der Waals surface area contributed by atoms with Crippen LogP contribution in [0, 0.1) is 11.7 Å². The Bertz CT molecular complexity index is 1150. The smallest absolute Gasteiger partial charge is 0.407 e. The molecule has 35 heavy (non-hydrogen) atoms. The van der Waals surface area contributed by atoms with Gasteiger partial charge >= 0.3 is 12.1 Å². The zero-order valence-electron chi connectivity index (χ0n) is 19.5. The topological polar surface area (TPSA) is 102 Å². The number of alkyl halides is 3. The SMILES string of the molecule is COCOc1cc(C(NC(CC(C)C)C(=O)O)C(F)(F)F)ccc1-c1ccc(S(C)(=O)=O)cc1F. The van der Waals surface area contributed by atoms with Crippen LogP contribution in [0.25, 0.3) is 11.1 Å². The maximum Gasteiger partial charge on any atom is 0.407 e. The molecule has 0 aliphatic carbocycles. The number of carboxylic acid groups (broad SMARTS) is 1. The minimum Gasteiger partial charge on any atom is -0.480 e. The first-order valence-corrected chi connectivity index (χ1v) is 12.4. The molecule has 12 heteroatoms. The maximum atomic E-state index is 14.8. The molecule has 2 N–H and O–H groups in total. The Kier molecular flexibility index (Phi) is 9.26. The molecule has 0 radical (unpaired) electrons. The Balaban J connectivity index is 2.58. The highest BCUT2D eigenvalue weighted by Gasteiger charge is 2.43. The number of carbonyl (C=O) groups is 1. The molecule has 0 aromatic heterocycles. The van der Waals surface area contributed by atoms with Gasteiger partial charge in [0.1, 0.15) is 23.7 Å². The molecule has 0 aliphatic rings. The van der Waals surface area contributed by atoms with E-state index in [0.29, 0.717) is 0 Å². The highest BCUT2D eigenvalue weighted by molar-refractivity contribution is 7.90. The van der Waals surface area contributed by atoms with E-state index >= 15 is 0 Å². The summed E-state index contributed by atoms with van der Waals surface area (Å²) in [5.41, 5.74) is -0.397. The molecule has 7 nitrogen and oxygen atoms in total. The third kappa shape index (κ3) is 7.64. The Hall–Kier alpha value is -2.70. The molecule has 0 saturated heterocycles. The highest BCUT2D eigenvalue weighted by Crippen LogP contribution is 2.39. The second kappa shape index (κ2) is 11.4. The monoisotopic (exact) mass is 521 g/mol. The van der Waals surface area contributed by atoms with Crippen molar-refractivity contribution in [3.63, 3.8) is 0 Å². The number of carboxylic acids is 1. The summed E-state index contributed by atoms with van der Waals surface area (Å²) in [4.78, 5) is 11.3. The van der Waals surface area contributed by atoms with Crippen molar-refractivity contribution in [2.75, 3.05) is 20.2 Å². The summed E-state index contributed by atoms with van der Waals surface area (Å²) in [6, 6.07) is 2.65. The van der Waals surface area contributed by atoms with E-state index in [1.54, 1.807) is 13.8 Å². The van der Waals surface area contributed by atoms with E-state index in [1.807, 2.05) is 0 Å². The van der Waals surface area contributed by atoms with Gasteiger partial charge in [-0.2, -0.15) is 13.2 Å². The number of methoxy groups -OCH3 is 1. The zero-order valence-corrected chi connectivity index (χ0v) is 20.3. The van der Waals surface area contributed by atoms with Gasteiger partial charge in [0.05, 0.1) is 4.90 Å². The molecule has 194 valence electrons. The minimum absolute atomic E-state index is 0.0368. The molecular weight excluding hydrogens is 494 g/mol. The van der Waals surface area contributed by atoms with Gasteiger partial charge in [0.15, 0.2) is 16.6 Å². The number of hydrogen-bond donors (Lipinski definition) is 2. The molecular formula is C23H27F4NO6S. The molecule has 2 rings (SSSR count). The van der Waals surface area contributed by atoms with Gasteiger partial charge in [0.2, 0.25) is 0 Å². The zero-order chi connectivity index (χ0) is 26.6. The van der Waals surface area contributed by atoms with Crippen molar-refractivity contribution in [1.82, 2.24) is 5.32 Å². The predicted molar refractivity (Wildman–Crippen MR) is 120 cm³/mol. The summed E-state index contributed by atoms with van der Waals surface area (Å²) >= 11 is 0. The van der Waals surface area contributed by atoms with E-state index < -0.39 is 39.9 Å². The maximum absolute atomic E-state index is 14.8. The fourth-order valence-electron chi connectivity index (χ4n) is 3.42. The van der Waals surface area contributed by atoms with Crippen LogP contribution in [0.2, 0.25) is 0 Å². The van der Waals surface area contributed by atoms with Gasteiger partial charge in [-0.05, 0) is 36.1 Å². The van der Waals surface area contributed by atoms with Crippen LogP contribution in [0.15, 0.2) is 41.3 Å². The minimum atomic E-state index is -4.85. The Morgan fingerprint density at radius 3 is 2.23 bits per heavy atom. The van der Waals surface area contributed by atoms with E-state index in [-0.39, 0.29) is 46.5 Å². The first kappa shape index (κ1) is 28.5. The molecule has 0 fully saturated rings. The number of sulfone groups is 1. The number of hydrogen-bond acceptors (Lipinski definition) is 6. The van der Waals surface area contributed by atoms with Crippen LogP contribution in [0.3, 0.4) is 0 Å². The summed E-state index contributed by atoms with van der Waals surface area (Å²) in [7, 11) is -2.40. The second-order valence-electron chi connectivity index (χ2n) is 8.38. The van der Waals surface area contributed by atoms with Crippen LogP contribution in [0.5, 0.6) is 5.75 Å². The second-order valence-corrected chi connectivity index (χ2v) is 10.4. The van der Waals surface area contributed by atoms with Crippen LogP contribution in [0.1, 0.15) is 31.9 Å². The Labute approximate surface area is 201 Å².